The molecule has 33 heavy (non-hydrogen) atoms. The van der Waals surface area contributed by atoms with Crippen molar-refractivity contribution in [2.24, 2.45) is 5.10 Å². The zero-order chi connectivity index (χ0) is 23.6. The molecule has 0 spiro atoms. The number of methoxy groups -OCH3 is 2. The molecule has 0 heterocycles. The lowest BCUT2D eigenvalue weighted by molar-refractivity contribution is -0.123. The summed E-state index contributed by atoms with van der Waals surface area (Å²) in [5.41, 5.74) is 3.22. The highest BCUT2D eigenvalue weighted by molar-refractivity contribution is 6.33. The second-order valence-corrected chi connectivity index (χ2v) is 6.92. The third kappa shape index (κ3) is 6.47. The first-order valence-electron chi connectivity index (χ1n) is 9.74. The van der Waals surface area contributed by atoms with E-state index in [1.165, 1.54) is 20.4 Å². The van der Waals surface area contributed by atoms with Crippen LogP contribution in [0.1, 0.15) is 15.9 Å². The van der Waals surface area contributed by atoms with Crippen LogP contribution < -0.4 is 24.4 Å². The van der Waals surface area contributed by atoms with E-state index in [0.29, 0.717) is 22.8 Å². The number of hydrazone groups is 1. The van der Waals surface area contributed by atoms with Gasteiger partial charge < -0.3 is 18.9 Å². The number of nitrogens with one attached hydrogen (secondary N) is 1. The van der Waals surface area contributed by atoms with Gasteiger partial charge in [-0.3, -0.25) is 4.79 Å². The van der Waals surface area contributed by atoms with Crippen molar-refractivity contribution < 1.29 is 28.5 Å². The summed E-state index contributed by atoms with van der Waals surface area (Å²) in [6, 6.07) is 18.4. The summed E-state index contributed by atoms with van der Waals surface area (Å²) in [5.74, 6) is 0.443. The Hall–Kier alpha value is -4.04. The van der Waals surface area contributed by atoms with Crippen molar-refractivity contribution in [3.8, 4) is 23.0 Å². The third-order valence-corrected chi connectivity index (χ3v) is 4.64. The van der Waals surface area contributed by atoms with Crippen molar-refractivity contribution in [3.05, 3.63) is 82.9 Å². The minimum atomic E-state index is -0.609. The molecule has 0 saturated heterocycles. The van der Waals surface area contributed by atoms with Crippen LogP contribution in [-0.4, -0.2) is 38.9 Å². The standard InChI is InChI=1S/C24H21ClN2O6/c1-30-19-9-5-6-10-20(19)32-15-23(28)27-26-14-16-11-12-21(22(13-16)31-2)33-24(29)17-7-3-4-8-18(17)25/h3-14H,15H2,1-2H3,(H,27,28)/b26-14-. The summed E-state index contributed by atoms with van der Waals surface area (Å²) in [6.07, 6.45) is 1.42. The van der Waals surface area contributed by atoms with E-state index in [1.54, 1.807) is 66.7 Å². The fourth-order valence-electron chi connectivity index (χ4n) is 2.72. The Bertz CT molecular complexity index is 1170. The molecular formula is C24H21ClN2O6. The molecule has 1 N–H and O–H groups in total. The van der Waals surface area contributed by atoms with Gasteiger partial charge in [-0.2, -0.15) is 5.10 Å². The molecule has 0 saturated carbocycles. The number of hydrogen-bond acceptors (Lipinski definition) is 7. The average Bonchev–Trinajstić information content (AvgIpc) is 2.83. The Morgan fingerprint density at radius 1 is 0.909 bits per heavy atom. The maximum Gasteiger partial charge on any atom is 0.345 e. The van der Waals surface area contributed by atoms with E-state index in [0.717, 1.165) is 0 Å². The molecule has 0 fully saturated rings. The number of hydrogen-bond donors (Lipinski definition) is 1. The van der Waals surface area contributed by atoms with Gasteiger partial charge in [0.15, 0.2) is 29.6 Å². The quantitative estimate of drug-likeness (QED) is 0.220. The highest BCUT2D eigenvalue weighted by atomic mass is 35.5. The van der Waals surface area contributed by atoms with Gasteiger partial charge in [-0.05, 0) is 48.0 Å². The number of esters is 1. The van der Waals surface area contributed by atoms with Gasteiger partial charge in [0, 0.05) is 0 Å². The zero-order valence-electron chi connectivity index (χ0n) is 17.9. The molecule has 1 amide bonds. The van der Waals surface area contributed by atoms with Crippen LogP contribution in [0.4, 0.5) is 0 Å². The highest BCUT2D eigenvalue weighted by Crippen LogP contribution is 2.29. The largest absolute Gasteiger partial charge is 0.493 e. The van der Waals surface area contributed by atoms with Gasteiger partial charge in [0.1, 0.15) is 0 Å². The second-order valence-electron chi connectivity index (χ2n) is 6.51. The van der Waals surface area contributed by atoms with Gasteiger partial charge in [-0.25, -0.2) is 10.2 Å². The molecule has 0 bridgehead atoms. The van der Waals surface area contributed by atoms with Crippen molar-refractivity contribution >= 4 is 29.7 Å². The van der Waals surface area contributed by atoms with E-state index in [9.17, 15) is 9.59 Å². The molecular weight excluding hydrogens is 448 g/mol. The Morgan fingerprint density at radius 3 is 2.33 bits per heavy atom. The molecule has 3 rings (SSSR count). The van der Waals surface area contributed by atoms with E-state index >= 15 is 0 Å². The van der Waals surface area contributed by atoms with Crippen LogP contribution >= 0.6 is 11.6 Å². The van der Waals surface area contributed by atoms with E-state index in [-0.39, 0.29) is 22.9 Å². The molecule has 3 aromatic carbocycles. The average molecular weight is 469 g/mol. The minimum Gasteiger partial charge on any atom is -0.493 e. The van der Waals surface area contributed by atoms with Crippen LogP contribution in [0.15, 0.2) is 71.8 Å². The van der Waals surface area contributed by atoms with Crippen LogP contribution in [0, 0.1) is 0 Å². The van der Waals surface area contributed by atoms with Crippen LogP contribution in [0.2, 0.25) is 5.02 Å². The Balaban J connectivity index is 1.58. The Kier molecular flexibility index (Phi) is 8.26. The van der Waals surface area contributed by atoms with Crippen molar-refractivity contribution in [1.29, 1.82) is 0 Å². The second kappa shape index (κ2) is 11.5. The zero-order valence-corrected chi connectivity index (χ0v) is 18.7. The van der Waals surface area contributed by atoms with Crippen molar-refractivity contribution in [2.75, 3.05) is 20.8 Å². The molecule has 8 nitrogen and oxygen atoms in total. The number of amides is 1. The lowest BCUT2D eigenvalue weighted by atomic mass is 10.2. The summed E-state index contributed by atoms with van der Waals surface area (Å²) >= 11 is 6.04. The van der Waals surface area contributed by atoms with Crippen LogP contribution in [0.25, 0.3) is 0 Å². The van der Waals surface area contributed by atoms with Gasteiger partial charge in [-0.1, -0.05) is 35.9 Å². The predicted octanol–water partition coefficient (Wildman–Crippen LogP) is 4.11. The molecule has 0 aliphatic heterocycles. The van der Waals surface area contributed by atoms with Crippen LogP contribution in [0.3, 0.4) is 0 Å². The number of rotatable bonds is 9. The first-order valence-corrected chi connectivity index (χ1v) is 10.1. The maximum absolute atomic E-state index is 12.4. The number of benzene rings is 3. The maximum atomic E-state index is 12.4. The number of carbonyl (C=O) groups is 2. The number of halogens is 1. The van der Waals surface area contributed by atoms with Gasteiger partial charge >= 0.3 is 5.97 Å². The molecule has 0 aliphatic carbocycles. The minimum absolute atomic E-state index is 0.216. The summed E-state index contributed by atoms with van der Waals surface area (Å²) in [5, 5.41) is 4.19. The molecule has 0 aromatic heterocycles. The van der Waals surface area contributed by atoms with E-state index in [4.69, 9.17) is 30.5 Å². The van der Waals surface area contributed by atoms with Crippen molar-refractivity contribution in [1.82, 2.24) is 5.43 Å². The first kappa shape index (κ1) is 23.6. The van der Waals surface area contributed by atoms with Crippen LogP contribution in [0.5, 0.6) is 23.0 Å². The van der Waals surface area contributed by atoms with Gasteiger partial charge in [0.25, 0.3) is 5.91 Å². The Morgan fingerprint density at radius 2 is 1.61 bits per heavy atom. The van der Waals surface area contributed by atoms with Crippen LogP contribution in [-0.2, 0) is 4.79 Å². The lowest BCUT2D eigenvalue weighted by Gasteiger charge is -2.10. The summed E-state index contributed by atoms with van der Waals surface area (Å²) in [4.78, 5) is 24.4. The summed E-state index contributed by atoms with van der Waals surface area (Å²) in [7, 11) is 2.96. The third-order valence-electron chi connectivity index (χ3n) is 4.31. The normalized spacial score (nSPS) is 10.5. The number of para-hydroxylation sites is 2. The first-order chi connectivity index (χ1) is 16.0. The summed E-state index contributed by atoms with van der Waals surface area (Å²) < 4.78 is 21.3. The van der Waals surface area contributed by atoms with E-state index < -0.39 is 11.9 Å². The molecule has 0 aliphatic rings. The molecule has 0 radical (unpaired) electrons. The van der Waals surface area contributed by atoms with Crippen molar-refractivity contribution in [2.45, 2.75) is 0 Å². The van der Waals surface area contributed by atoms with Gasteiger partial charge in [0.2, 0.25) is 0 Å². The predicted molar refractivity (Wildman–Crippen MR) is 124 cm³/mol. The summed E-state index contributed by atoms with van der Waals surface area (Å²) in [6.45, 7) is -0.238. The molecule has 0 unspecified atom stereocenters. The highest BCUT2D eigenvalue weighted by Gasteiger charge is 2.15. The topological polar surface area (TPSA) is 95.5 Å². The van der Waals surface area contributed by atoms with E-state index in [2.05, 4.69) is 10.5 Å². The molecule has 170 valence electrons. The van der Waals surface area contributed by atoms with E-state index in [1.807, 2.05) is 0 Å². The SMILES string of the molecule is COc1ccccc1OCC(=O)N/N=C\c1ccc(OC(=O)c2ccccc2Cl)c(OC)c1. The van der Waals surface area contributed by atoms with Crippen molar-refractivity contribution in [3.63, 3.8) is 0 Å². The van der Waals surface area contributed by atoms with Gasteiger partial charge in [0.05, 0.1) is 31.0 Å². The number of nitrogens with zero attached hydrogens (tertiary/aromatic N) is 1. The number of carbonyl (C=O) groups excluding carboxylic acids is 2. The van der Waals surface area contributed by atoms with Gasteiger partial charge in [-0.15, -0.1) is 0 Å². The molecule has 3 aromatic rings. The fourth-order valence-corrected chi connectivity index (χ4v) is 2.94. The number of ether oxygens (including phenoxy) is 4. The lowest BCUT2D eigenvalue weighted by Crippen LogP contribution is -2.24. The monoisotopic (exact) mass is 468 g/mol. The fraction of sp³-hybridized carbons (Fsp3) is 0.125. The smallest absolute Gasteiger partial charge is 0.345 e. The molecule has 0 atom stereocenters. The molecule has 9 heteroatoms. The Labute approximate surface area is 195 Å².